The van der Waals surface area contributed by atoms with Gasteiger partial charge in [-0.1, -0.05) is 36.4 Å². The molecule has 0 saturated carbocycles. The Morgan fingerprint density at radius 1 is 1.19 bits per heavy atom. The Bertz CT molecular complexity index is 618. The van der Waals surface area contributed by atoms with Gasteiger partial charge in [-0.05, 0) is 33.9 Å². The maximum absolute atomic E-state index is 10.7. The summed E-state index contributed by atoms with van der Waals surface area (Å²) < 4.78 is 0. The monoisotopic (exact) mass is 210 g/mol. The Hall–Kier alpha value is -2.09. The zero-order valence-electron chi connectivity index (χ0n) is 8.60. The van der Waals surface area contributed by atoms with Crippen LogP contribution in [0.25, 0.3) is 16.3 Å². The van der Waals surface area contributed by atoms with E-state index in [1.165, 1.54) is 22.4 Å². The molecule has 1 aliphatic carbocycles. The average Bonchev–Trinajstić information content (AvgIpc) is 2.59. The normalized spacial score (nSPS) is 15.9. The van der Waals surface area contributed by atoms with Crippen molar-refractivity contribution in [1.82, 2.24) is 0 Å². The largest absolute Gasteiger partial charge is 0.478 e. The molecule has 0 aliphatic heterocycles. The van der Waals surface area contributed by atoms with Crippen LogP contribution in [0.1, 0.15) is 11.1 Å². The second-order valence-electron chi connectivity index (χ2n) is 4.01. The number of carbonyl (C=O) groups is 1. The third kappa shape index (κ3) is 1.23. The first-order valence-corrected chi connectivity index (χ1v) is 5.20. The van der Waals surface area contributed by atoms with Crippen molar-refractivity contribution >= 4 is 22.3 Å². The summed E-state index contributed by atoms with van der Waals surface area (Å²) in [6.07, 6.45) is 2.04. The molecule has 0 heterocycles. The van der Waals surface area contributed by atoms with Gasteiger partial charge >= 0.3 is 5.97 Å². The highest BCUT2D eigenvalue weighted by atomic mass is 16.4. The predicted octanol–water partition coefficient (Wildman–Crippen LogP) is 2.86. The maximum Gasteiger partial charge on any atom is 0.328 e. The van der Waals surface area contributed by atoms with E-state index in [0.717, 1.165) is 17.6 Å². The zero-order valence-corrected chi connectivity index (χ0v) is 8.60. The fourth-order valence-electron chi connectivity index (χ4n) is 2.41. The zero-order chi connectivity index (χ0) is 11.1. The van der Waals surface area contributed by atoms with Gasteiger partial charge in [0, 0.05) is 6.08 Å². The Balaban J connectivity index is 2.33. The molecule has 0 atom stereocenters. The second-order valence-corrected chi connectivity index (χ2v) is 4.01. The first kappa shape index (κ1) is 9.16. The Kier molecular flexibility index (Phi) is 1.83. The molecule has 0 amide bonds. The molecule has 2 aromatic rings. The van der Waals surface area contributed by atoms with Crippen LogP contribution in [0.2, 0.25) is 0 Å². The van der Waals surface area contributed by atoms with Gasteiger partial charge in [-0.25, -0.2) is 4.79 Å². The number of carboxylic acid groups (broad SMARTS) is 1. The summed E-state index contributed by atoms with van der Waals surface area (Å²) in [4.78, 5) is 10.7. The fraction of sp³-hybridized carbons (Fsp3) is 0.0714. The first-order chi connectivity index (χ1) is 7.75. The lowest BCUT2D eigenvalue weighted by molar-refractivity contribution is -0.131. The minimum atomic E-state index is -0.875. The molecule has 0 fully saturated rings. The van der Waals surface area contributed by atoms with Crippen LogP contribution in [-0.2, 0) is 11.2 Å². The van der Waals surface area contributed by atoms with Gasteiger partial charge in [0.1, 0.15) is 0 Å². The van der Waals surface area contributed by atoms with Crippen LogP contribution in [0, 0.1) is 0 Å². The van der Waals surface area contributed by atoms with E-state index in [4.69, 9.17) is 5.11 Å². The third-order valence-electron chi connectivity index (χ3n) is 3.02. The quantitative estimate of drug-likeness (QED) is 0.735. The SMILES string of the molecule is O=C(O)C=C1Cc2cccc3cccc1c23. The summed E-state index contributed by atoms with van der Waals surface area (Å²) in [5.41, 5.74) is 3.19. The summed E-state index contributed by atoms with van der Waals surface area (Å²) in [7, 11) is 0. The van der Waals surface area contributed by atoms with Crippen LogP contribution in [0.3, 0.4) is 0 Å². The van der Waals surface area contributed by atoms with E-state index in [1.54, 1.807) is 0 Å². The van der Waals surface area contributed by atoms with E-state index < -0.39 is 5.97 Å². The Morgan fingerprint density at radius 3 is 2.69 bits per heavy atom. The van der Waals surface area contributed by atoms with Crippen molar-refractivity contribution in [2.75, 3.05) is 0 Å². The molecule has 0 aromatic heterocycles. The lowest BCUT2D eigenvalue weighted by Crippen LogP contribution is -1.90. The van der Waals surface area contributed by atoms with Gasteiger partial charge in [-0.15, -0.1) is 0 Å². The fourth-order valence-corrected chi connectivity index (χ4v) is 2.41. The van der Waals surface area contributed by atoms with Gasteiger partial charge in [0.2, 0.25) is 0 Å². The molecule has 2 aromatic carbocycles. The number of rotatable bonds is 1. The number of aliphatic carboxylic acids is 1. The predicted molar refractivity (Wildman–Crippen MR) is 63.3 cm³/mol. The van der Waals surface area contributed by atoms with E-state index >= 15 is 0 Å². The molecule has 0 bridgehead atoms. The molecule has 1 aliphatic rings. The van der Waals surface area contributed by atoms with Crippen LogP contribution in [0.15, 0.2) is 42.5 Å². The molecule has 0 spiro atoms. The van der Waals surface area contributed by atoms with E-state index in [0.29, 0.717) is 0 Å². The second kappa shape index (κ2) is 3.20. The van der Waals surface area contributed by atoms with Gasteiger partial charge in [0.05, 0.1) is 0 Å². The molecule has 2 heteroatoms. The van der Waals surface area contributed by atoms with Crippen molar-refractivity contribution < 1.29 is 9.90 Å². The molecular formula is C14H10O2. The summed E-state index contributed by atoms with van der Waals surface area (Å²) in [5, 5.41) is 11.2. The maximum atomic E-state index is 10.7. The topological polar surface area (TPSA) is 37.3 Å². The van der Waals surface area contributed by atoms with E-state index in [9.17, 15) is 4.79 Å². The molecule has 3 rings (SSSR count). The molecule has 16 heavy (non-hydrogen) atoms. The highest BCUT2D eigenvalue weighted by molar-refractivity contribution is 6.05. The van der Waals surface area contributed by atoms with Gasteiger partial charge < -0.3 is 5.11 Å². The molecule has 2 nitrogen and oxygen atoms in total. The molecule has 0 unspecified atom stereocenters. The number of benzene rings is 2. The lowest BCUT2D eigenvalue weighted by atomic mass is 10.0. The number of hydrogen-bond donors (Lipinski definition) is 1. The average molecular weight is 210 g/mol. The smallest absolute Gasteiger partial charge is 0.328 e. The Labute approximate surface area is 92.8 Å². The molecule has 0 radical (unpaired) electrons. The van der Waals surface area contributed by atoms with E-state index in [2.05, 4.69) is 18.2 Å². The lowest BCUT2D eigenvalue weighted by Gasteiger charge is -2.00. The summed E-state index contributed by atoms with van der Waals surface area (Å²) in [6, 6.07) is 12.2. The molecular weight excluding hydrogens is 200 g/mol. The Morgan fingerprint density at radius 2 is 1.94 bits per heavy atom. The van der Waals surface area contributed by atoms with Crippen LogP contribution in [-0.4, -0.2) is 11.1 Å². The molecule has 1 N–H and O–H groups in total. The van der Waals surface area contributed by atoms with E-state index in [-0.39, 0.29) is 0 Å². The van der Waals surface area contributed by atoms with Crippen molar-refractivity contribution in [2.24, 2.45) is 0 Å². The van der Waals surface area contributed by atoms with Crippen LogP contribution in [0.5, 0.6) is 0 Å². The molecule has 78 valence electrons. The van der Waals surface area contributed by atoms with Gasteiger partial charge in [-0.2, -0.15) is 0 Å². The summed E-state index contributed by atoms with van der Waals surface area (Å²) >= 11 is 0. The highest BCUT2D eigenvalue weighted by Crippen LogP contribution is 2.37. The summed E-state index contributed by atoms with van der Waals surface area (Å²) in [6.45, 7) is 0. The minimum absolute atomic E-state index is 0.725. The van der Waals surface area contributed by atoms with Gasteiger partial charge in [0.15, 0.2) is 0 Å². The van der Waals surface area contributed by atoms with E-state index in [1.807, 2.05) is 18.2 Å². The van der Waals surface area contributed by atoms with Crippen LogP contribution < -0.4 is 0 Å². The molecule has 0 saturated heterocycles. The van der Waals surface area contributed by atoms with Crippen molar-refractivity contribution in [3.63, 3.8) is 0 Å². The van der Waals surface area contributed by atoms with Crippen molar-refractivity contribution in [3.8, 4) is 0 Å². The van der Waals surface area contributed by atoms with Gasteiger partial charge in [-0.3, -0.25) is 0 Å². The number of allylic oxidation sites excluding steroid dienone is 1. The highest BCUT2D eigenvalue weighted by Gasteiger charge is 2.18. The first-order valence-electron chi connectivity index (χ1n) is 5.20. The minimum Gasteiger partial charge on any atom is -0.478 e. The summed E-state index contributed by atoms with van der Waals surface area (Å²) in [5.74, 6) is -0.875. The van der Waals surface area contributed by atoms with Crippen molar-refractivity contribution in [1.29, 1.82) is 0 Å². The number of hydrogen-bond acceptors (Lipinski definition) is 1. The van der Waals surface area contributed by atoms with Gasteiger partial charge in [0.25, 0.3) is 0 Å². The van der Waals surface area contributed by atoms with Crippen LogP contribution in [0.4, 0.5) is 0 Å². The number of carboxylic acids is 1. The standard InChI is InChI=1S/C14H10O2/c15-13(16)8-11-7-10-5-1-3-9-4-2-6-12(11)14(9)10/h1-6,8H,7H2,(H,15,16). The van der Waals surface area contributed by atoms with Crippen LogP contribution >= 0.6 is 0 Å². The third-order valence-corrected chi connectivity index (χ3v) is 3.02. The van der Waals surface area contributed by atoms with Crippen molar-refractivity contribution in [3.05, 3.63) is 53.6 Å². The van der Waals surface area contributed by atoms with Crippen molar-refractivity contribution in [2.45, 2.75) is 6.42 Å².